The number of alkyl halides is 3. The summed E-state index contributed by atoms with van der Waals surface area (Å²) in [7, 11) is 0. The summed E-state index contributed by atoms with van der Waals surface area (Å²) in [4.78, 5) is 9.79. The van der Waals surface area contributed by atoms with Crippen LogP contribution in [0.4, 0.5) is 42.1 Å². The topological polar surface area (TPSA) is 67.5 Å². The lowest BCUT2D eigenvalue weighted by molar-refractivity contribution is -0.384. The normalized spacial score (nSPS) is 11.8. The molecule has 0 atom stereocenters. The second-order valence-electron chi connectivity index (χ2n) is 4.72. The number of non-ortho nitro benzene ring substituents is 1. The number of anilines is 1. The fourth-order valence-corrected chi connectivity index (χ4v) is 1.83. The van der Waals surface area contributed by atoms with Crippen molar-refractivity contribution in [2.75, 3.05) is 5.43 Å². The molecule has 5 nitrogen and oxygen atoms in total. The van der Waals surface area contributed by atoms with E-state index >= 15 is 0 Å². The first-order valence-electron chi connectivity index (χ1n) is 6.50. The molecule has 2 aromatic carbocycles. The minimum atomic E-state index is -5.64. The molecule has 0 saturated carbocycles. The van der Waals surface area contributed by atoms with E-state index in [9.17, 15) is 40.8 Å². The Bertz CT molecular complexity index is 851. The predicted octanol–water partition coefficient (Wildman–Crippen LogP) is 4.62. The van der Waals surface area contributed by atoms with Crippen molar-refractivity contribution in [3.63, 3.8) is 0 Å². The Morgan fingerprint density at radius 1 is 0.962 bits per heavy atom. The molecule has 12 heteroatoms. The van der Waals surface area contributed by atoms with Crippen molar-refractivity contribution in [2.24, 2.45) is 5.10 Å². The van der Waals surface area contributed by atoms with E-state index in [2.05, 4.69) is 5.10 Å². The molecule has 0 saturated heterocycles. The first kappa shape index (κ1) is 19.1. The number of benzene rings is 2. The lowest BCUT2D eigenvalue weighted by atomic mass is 10.1. The first-order valence-corrected chi connectivity index (χ1v) is 6.50. The van der Waals surface area contributed by atoms with Gasteiger partial charge in [0.25, 0.3) is 5.69 Å². The highest BCUT2D eigenvalue weighted by Crippen LogP contribution is 2.38. The van der Waals surface area contributed by atoms with Gasteiger partial charge in [-0.3, -0.25) is 15.5 Å². The van der Waals surface area contributed by atoms with Crippen LogP contribution in [0.25, 0.3) is 0 Å². The Hall–Kier alpha value is -3.18. The third kappa shape index (κ3) is 3.73. The summed E-state index contributed by atoms with van der Waals surface area (Å²) < 4.78 is 91.4. The molecule has 0 aromatic heterocycles. The summed E-state index contributed by atoms with van der Waals surface area (Å²) in [5.41, 5.74) is -2.75. The number of hydrazone groups is 1. The summed E-state index contributed by atoms with van der Waals surface area (Å²) >= 11 is 0. The molecule has 0 aliphatic heterocycles. The molecule has 0 unspecified atom stereocenters. The molecule has 0 radical (unpaired) electrons. The third-order valence-electron chi connectivity index (χ3n) is 3.04. The number of hydrogen-bond donors (Lipinski definition) is 1. The average molecular weight is 381 g/mol. The first-order chi connectivity index (χ1) is 12.0. The van der Waals surface area contributed by atoms with Crippen LogP contribution in [0.2, 0.25) is 0 Å². The van der Waals surface area contributed by atoms with E-state index in [1.54, 1.807) is 5.43 Å². The van der Waals surface area contributed by atoms with E-state index in [0.717, 1.165) is 18.3 Å². The molecular weight excluding hydrogens is 375 g/mol. The van der Waals surface area contributed by atoms with Crippen LogP contribution in [0, 0.1) is 33.4 Å². The van der Waals surface area contributed by atoms with Gasteiger partial charge in [-0.25, -0.2) is 17.6 Å². The van der Waals surface area contributed by atoms with Crippen molar-refractivity contribution in [3.8, 4) is 0 Å². The highest BCUT2D eigenvalue weighted by atomic mass is 19.4. The van der Waals surface area contributed by atoms with E-state index in [4.69, 9.17) is 0 Å². The molecule has 2 aromatic rings. The molecule has 0 fully saturated rings. The predicted molar refractivity (Wildman–Crippen MR) is 75.6 cm³/mol. The van der Waals surface area contributed by atoms with Gasteiger partial charge in [-0.1, -0.05) is 0 Å². The average Bonchev–Trinajstić information content (AvgIpc) is 2.55. The molecule has 138 valence electrons. The molecule has 0 bridgehead atoms. The Morgan fingerprint density at radius 2 is 1.46 bits per heavy atom. The van der Waals surface area contributed by atoms with E-state index in [1.165, 1.54) is 12.1 Å². The Balaban J connectivity index is 2.31. The van der Waals surface area contributed by atoms with Gasteiger partial charge in [0.1, 0.15) is 11.3 Å². The van der Waals surface area contributed by atoms with E-state index < -0.39 is 45.6 Å². The Morgan fingerprint density at radius 3 is 1.88 bits per heavy atom. The minimum absolute atomic E-state index is 0.191. The Kier molecular flexibility index (Phi) is 5.14. The van der Waals surface area contributed by atoms with Crippen LogP contribution in [0.3, 0.4) is 0 Å². The zero-order valence-corrected chi connectivity index (χ0v) is 12.2. The molecule has 0 spiro atoms. The monoisotopic (exact) mass is 381 g/mol. The number of rotatable bonds is 4. The number of nitrogens with zero attached hydrogens (tertiary/aromatic N) is 2. The fraction of sp³-hybridized carbons (Fsp3) is 0.0714. The summed E-state index contributed by atoms with van der Waals surface area (Å²) in [6.45, 7) is 0. The van der Waals surface area contributed by atoms with Crippen molar-refractivity contribution in [1.29, 1.82) is 0 Å². The maximum atomic E-state index is 13.6. The van der Waals surface area contributed by atoms with Crippen LogP contribution in [0.5, 0.6) is 0 Å². The number of nitrogens with one attached hydrogen (secondary N) is 1. The van der Waals surface area contributed by atoms with Crippen LogP contribution in [-0.4, -0.2) is 11.1 Å². The van der Waals surface area contributed by atoms with Gasteiger partial charge in [0.2, 0.25) is 0 Å². The van der Waals surface area contributed by atoms with Crippen LogP contribution < -0.4 is 5.43 Å². The van der Waals surface area contributed by atoms with Crippen LogP contribution >= 0.6 is 0 Å². The standard InChI is InChI=1S/C14H6F7N3O2/c15-9-8(14(19,20)21)10(16)12(18)13(11(9)17)23-22-5-6-1-3-7(4-2-6)24(25)26/h1-5,23H. The molecular formula is C14H6F7N3O2. The highest BCUT2D eigenvalue weighted by molar-refractivity contribution is 5.80. The largest absolute Gasteiger partial charge is 0.422 e. The van der Waals surface area contributed by atoms with Crippen molar-refractivity contribution in [2.45, 2.75) is 6.18 Å². The van der Waals surface area contributed by atoms with Crippen LogP contribution in [-0.2, 0) is 6.18 Å². The number of nitro groups is 1. The van der Waals surface area contributed by atoms with E-state index in [0.29, 0.717) is 0 Å². The van der Waals surface area contributed by atoms with Crippen LogP contribution in [0.15, 0.2) is 29.4 Å². The highest BCUT2D eigenvalue weighted by Gasteiger charge is 2.42. The maximum Gasteiger partial charge on any atom is 0.422 e. The van der Waals surface area contributed by atoms with Crippen molar-refractivity contribution in [1.82, 2.24) is 0 Å². The summed E-state index contributed by atoms with van der Waals surface area (Å²) in [5.74, 6) is -9.86. The van der Waals surface area contributed by atoms with Crippen molar-refractivity contribution >= 4 is 17.6 Å². The maximum absolute atomic E-state index is 13.6. The van der Waals surface area contributed by atoms with Gasteiger partial charge < -0.3 is 0 Å². The minimum Gasteiger partial charge on any atom is -0.272 e. The van der Waals surface area contributed by atoms with E-state index in [-0.39, 0.29) is 11.3 Å². The molecule has 26 heavy (non-hydrogen) atoms. The summed E-state index contributed by atoms with van der Waals surface area (Å²) in [5, 5.41) is 13.7. The second kappa shape index (κ2) is 6.98. The SMILES string of the molecule is O=[N+]([O-])c1ccc(C=NNc2c(F)c(F)c(C(F)(F)F)c(F)c2F)cc1. The van der Waals surface area contributed by atoms with Gasteiger partial charge in [-0.2, -0.15) is 18.3 Å². The third-order valence-corrected chi connectivity index (χ3v) is 3.04. The number of nitro benzene ring substituents is 1. The van der Waals surface area contributed by atoms with Gasteiger partial charge >= 0.3 is 6.18 Å². The second-order valence-corrected chi connectivity index (χ2v) is 4.72. The van der Waals surface area contributed by atoms with E-state index in [1.807, 2.05) is 0 Å². The van der Waals surface area contributed by atoms with Gasteiger partial charge in [0.15, 0.2) is 23.3 Å². The van der Waals surface area contributed by atoms with Gasteiger partial charge in [-0.15, -0.1) is 0 Å². The smallest absolute Gasteiger partial charge is 0.272 e. The molecule has 2 rings (SSSR count). The summed E-state index contributed by atoms with van der Waals surface area (Å²) in [6.07, 6.45) is -4.77. The number of halogens is 7. The van der Waals surface area contributed by atoms with Gasteiger partial charge in [0.05, 0.1) is 11.1 Å². The number of hydrogen-bond acceptors (Lipinski definition) is 4. The zero-order chi connectivity index (χ0) is 19.6. The molecule has 0 aliphatic rings. The molecule has 0 aliphatic carbocycles. The van der Waals surface area contributed by atoms with Gasteiger partial charge in [-0.05, 0) is 17.7 Å². The lowest BCUT2D eigenvalue weighted by Gasteiger charge is -2.13. The summed E-state index contributed by atoms with van der Waals surface area (Å²) in [6, 6.07) is 4.56. The molecule has 0 amide bonds. The van der Waals surface area contributed by atoms with Crippen LogP contribution in [0.1, 0.15) is 11.1 Å². The Labute approximate surface area is 139 Å². The van der Waals surface area contributed by atoms with Gasteiger partial charge in [0, 0.05) is 12.1 Å². The zero-order valence-electron chi connectivity index (χ0n) is 12.2. The fourth-order valence-electron chi connectivity index (χ4n) is 1.83. The molecule has 1 N–H and O–H groups in total. The molecule has 0 heterocycles. The van der Waals surface area contributed by atoms with Crippen molar-refractivity contribution in [3.05, 3.63) is 68.8 Å². The quantitative estimate of drug-likeness (QED) is 0.276. The lowest BCUT2D eigenvalue weighted by Crippen LogP contribution is -2.16. The van der Waals surface area contributed by atoms with Crippen molar-refractivity contribution < 1.29 is 35.7 Å².